The van der Waals surface area contributed by atoms with E-state index in [2.05, 4.69) is 48.6 Å². The molecule has 0 spiro atoms. The van der Waals surface area contributed by atoms with Crippen molar-refractivity contribution in [2.45, 2.75) is 40.2 Å². The molecule has 0 radical (unpaired) electrons. The lowest BCUT2D eigenvalue weighted by Gasteiger charge is -2.30. The van der Waals surface area contributed by atoms with E-state index in [1.54, 1.807) is 6.92 Å². The Morgan fingerprint density at radius 1 is 1.33 bits per heavy atom. The summed E-state index contributed by atoms with van der Waals surface area (Å²) in [6.07, 6.45) is 1.11. The molecule has 0 bridgehead atoms. The van der Waals surface area contributed by atoms with Gasteiger partial charge in [-0.2, -0.15) is 0 Å². The molecule has 0 N–H and O–H groups in total. The molecule has 0 aliphatic carbocycles. The number of ketones is 1. The number of hydrogen-bond donors (Lipinski definition) is 0. The zero-order valence-electron chi connectivity index (χ0n) is 11.8. The van der Waals surface area contributed by atoms with Gasteiger partial charge in [0.25, 0.3) is 0 Å². The van der Waals surface area contributed by atoms with Crippen molar-refractivity contribution >= 4 is 27.4 Å². The zero-order valence-corrected chi connectivity index (χ0v) is 13.4. The molecule has 0 aromatic heterocycles. The van der Waals surface area contributed by atoms with Gasteiger partial charge in [0.15, 0.2) is 5.78 Å². The Morgan fingerprint density at radius 2 is 1.94 bits per heavy atom. The molecule has 0 saturated heterocycles. The molecule has 1 aromatic carbocycles. The van der Waals surface area contributed by atoms with E-state index in [4.69, 9.17) is 0 Å². The first-order chi connectivity index (χ1) is 8.32. The maximum atomic E-state index is 11.7. The summed E-state index contributed by atoms with van der Waals surface area (Å²) >= 11 is 3.48. The van der Waals surface area contributed by atoms with Gasteiger partial charge in [0.2, 0.25) is 0 Å². The summed E-state index contributed by atoms with van der Waals surface area (Å²) in [6, 6.07) is 6.24. The molecule has 1 aromatic rings. The molecule has 0 saturated carbocycles. The van der Waals surface area contributed by atoms with E-state index in [0.29, 0.717) is 12.0 Å². The molecule has 0 heterocycles. The summed E-state index contributed by atoms with van der Waals surface area (Å²) < 4.78 is 1.01. The third kappa shape index (κ3) is 3.84. The molecule has 3 heteroatoms. The van der Waals surface area contributed by atoms with Gasteiger partial charge in [-0.3, -0.25) is 4.79 Å². The number of halogens is 1. The number of rotatable bonds is 5. The minimum Gasteiger partial charge on any atom is -0.371 e. The van der Waals surface area contributed by atoms with Crippen LogP contribution < -0.4 is 4.90 Å². The number of hydrogen-bond acceptors (Lipinski definition) is 2. The maximum absolute atomic E-state index is 11.7. The van der Waals surface area contributed by atoms with Crippen LogP contribution in [-0.4, -0.2) is 18.9 Å². The number of carbonyl (C=O) groups excluding carboxylic acids is 1. The highest BCUT2D eigenvalue weighted by molar-refractivity contribution is 9.10. The Hall–Kier alpha value is -0.830. The lowest BCUT2D eigenvalue weighted by Crippen LogP contribution is -2.31. The molecular formula is C15H22BrNO. The summed E-state index contributed by atoms with van der Waals surface area (Å²) in [7, 11) is 2.06. The summed E-state index contributed by atoms with van der Waals surface area (Å²) in [5.41, 5.74) is 1.79. The second-order valence-electron chi connectivity index (χ2n) is 5.31. The van der Waals surface area contributed by atoms with Gasteiger partial charge in [-0.05, 0) is 44.4 Å². The SMILES string of the molecule is CC(=O)c1ccc(Br)cc1N(C)C(C)CC(C)C. The van der Waals surface area contributed by atoms with Gasteiger partial charge < -0.3 is 4.90 Å². The maximum Gasteiger partial charge on any atom is 0.161 e. The van der Waals surface area contributed by atoms with Gasteiger partial charge >= 0.3 is 0 Å². The Balaban J connectivity index is 3.06. The molecule has 1 atom stereocenters. The van der Waals surface area contributed by atoms with E-state index in [9.17, 15) is 4.79 Å². The largest absolute Gasteiger partial charge is 0.371 e. The molecule has 1 unspecified atom stereocenters. The third-order valence-corrected chi connectivity index (χ3v) is 3.69. The smallest absolute Gasteiger partial charge is 0.161 e. The minimum absolute atomic E-state index is 0.112. The van der Waals surface area contributed by atoms with E-state index in [1.165, 1.54) is 0 Å². The number of anilines is 1. The van der Waals surface area contributed by atoms with Crippen molar-refractivity contribution < 1.29 is 4.79 Å². The predicted molar refractivity (Wildman–Crippen MR) is 81.5 cm³/mol. The average Bonchev–Trinajstić information content (AvgIpc) is 2.26. The minimum atomic E-state index is 0.112. The van der Waals surface area contributed by atoms with Crippen LogP contribution in [-0.2, 0) is 0 Å². The fraction of sp³-hybridized carbons (Fsp3) is 0.533. The fourth-order valence-corrected chi connectivity index (χ4v) is 2.52. The van der Waals surface area contributed by atoms with Crippen molar-refractivity contribution in [3.8, 4) is 0 Å². The van der Waals surface area contributed by atoms with Crippen molar-refractivity contribution in [2.75, 3.05) is 11.9 Å². The number of carbonyl (C=O) groups is 1. The molecule has 0 fully saturated rings. The standard InChI is InChI=1S/C15H22BrNO/c1-10(2)8-11(3)17(5)15-9-13(16)6-7-14(15)12(4)18/h6-7,9-11H,8H2,1-5H3. The van der Waals surface area contributed by atoms with Crippen LogP contribution in [0.5, 0.6) is 0 Å². The Labute approximate surface area is 119 Å². The Morgan fingerprint density at radius 3 is 2.44 bits per heavy atom. The summed E-state index contributed by atoms with van der Waals surface area (Å²) in [5, 5.41) is 0. The normalized spacial score (nSPS) is 12.6. The van der Waals surface area contributed by atoms with Crippen LogP contribution in [0.25, 0.3) is 0 Å². The number of Topliss-reactive ketones (excluding diaryl/α,β-unsaturated/α-hetero) is 1. The summed E-state index contributed by atoms with van der Waals surface area (Å²) in [6.45, 7) is 8.26. The quantitative estimate of drug-likeness (QED) is 0.745. The van der Waals surface area contributed by atoms with Crippen molar-refractivity contribution in [1.29, 1.82) is 0 Å². The molecule has 0 aliphatic heterocycles. The second kappa shape index (κ2) is 6.37. The highest BCUT2D eigenvalue weighted by Crippen LogP contribution is 2.27. The van der Waals surface area contributed by atoms with Crippen LogP contribution in [0.15, 0.2) is 22.7 Å². The van der Waals surface area contributed by atoms with Gasteiger partial charge in [0, 0.05) is 28.8 Å². The van der Waals surface area contributed by atoms with Crippen LogP contribution >= 0.6 is 15.9 Å². The number of benzene rings is 1. The van der Waals surface area contributed by atoms with E-state index in [0.717, 1.165) is 22.1 Å². The van der Waals surface area contributed by atoms with Crippen LogP contribution in [0.4, 0.5) is 5.69 Å². The van der Waals surface area contributed by atoms with Crippen molar-refractivity contribution in [1.82, 2.24) is 0 Å². The molecule has 18 heavy (non-hydrogen) atoms. The monoisotopic (exact) mass is 311 g/mol. The first kappa shape index (κ1) is 15.2. The second-order valence-corrected chi connectivity index (χ2v) is 6.22. The van der Waals surface area contributed by atoms with Crippen LogP contribution in [0.3, 0.4) is 0 Å². The number of nitrogens with zero attached hydrogens (tertiary/aromatic N) is 1. The molecule has 0 amide bonds. The van der Waals surface area contributed by atoms with Gasteiger partial charge in [0.1, 0.15) is 0 Å². The molecule has 100 valence electrons. The van der Waals surface area contributed by atoms with E-state index >= 15 is 0 Å². The van der Waals surface area contributed by atoms with Crippen LogP contribution in [0.2, 0.25) is 0 Å². The molecule has 0 aliphatic rings. The molecule has 1 rings (SSSR count). The Bertz CT molecular complexity index is 429. The van der Waals surface area contributed by atoms with E-state index in [-0.39, 0.29) is 5.78 Å². The summed E-state index contributed by atoms with van der Waals surface area (Å²) in [4.78, 5) is 13.9. The topological polar surface area (TPSA) is 20.3 Å². The average molecular weight is 312 g/mol. The zero-order chi connectivity index (χ0) is 13.9. The fourth-order valence-electron chi connectivity index (χ4n) is 2.17. The van der Waals surface area contributed by atoms with E-state index in [1.807, 2.05) is 18.2 Å². The molecular weight excluding hydrogens is 290 g/mol. The van der Waals surface area contributed by atoms with Crippen molar-refractivity contribution in [3.63, 3.8) is 0 Å². The van der Waals surface area contributed by atoms with Gasteiger partial charge in [-0.1, -0.05) is 29.8 Å². The van der Waals surface area contributed by atoms with E-state index < -0.39 is 0 Å². The van der Waals surface area contributed by atoms with Crippen LogP contribution in [0, 0.1) is 5.92 Å². The Kier molecular flexibility index (Phi) is 5.39. The van der Waals surface area contributed by atoms with Gasteiger partial charge in [-0.15, -0.1) is 0 Å². The third-order valence-electron chi connectivity index (χ3n) is 3.19. The predicted octanol–water partition coefficient (Wildman–Crippen LogP) is 4.52. The molecule has 2 nitrogen and oxygen atoms in total. The van der Waals surface area contributed by atoms with Gasteiger partial charge in [0.05, 0.1) is 0 Å². The van der Waals surface area contributed by atoms with Crippen molar-refractivity contribution in [2.24, 2.45) is 5.92 Å². The van der Waals surface area contributed by atoms with Gasteiger partial charge in [-0.25, -0.2) is 0 Å². The first-order valence-corrected chi connectivity index (χ1v) is 7.15. The first-order valence-electron chi connectivity index (χ1n) is 6.36. The van der Waals surface area contributed by atoms with Crippen molar-refractivity contribution in [3.05, 3.63) is 28.2 Å². The van der Waals surface area contributed by atoms with Crippen LogP contribution in [0.1, 0.15) is 44.5 Å². The highest BCUT2D eigenvalue weighted by Gasteiger charge is 2.17. The highest BCUT2D eigenvalue weighted by atomic mass is 79.9. The summed E-state index contributed by atoms with van der Waals surface area (Å²) in [5.74, 6) is 0.761. The lowest BCUT2D eigenvalue weighted by molar-refractivity contribution is 0.101. The lowest BCUT2D eigenvalue weighted by atomic mass is 10.0.